The van der Waals surface area contributed by atoms with Gasteiger partial charge in [0.1, 0.15) is 0 Å². The third-order valence-electron chi connectivity index (χ3n) is 4.00. The molecule has 1 N–H and O–H groups in total. The lowest BCUT2D eigenvalue weighted by Crippen LogP contribution is -2.54. The van der Waals surface area contributed by atoms with Crippen LogP contribution >= 0.6 is 12.4 Å². The van der Waals surface area contributed by atoms with Crippen LogP contribution in [0.25, 0.3) is 0 Å². The highest BCUT2D eigenvalue weighted by molar-refractivity contribution is 5.85. The van der Waals surface area contributed by atoms with E-state index in [2.05, 4.69) is 26.1 Å². The van der Waals surface area contributed by atoms with Crippen LogP contribution in [0.5, 0.6) is 0 Å². The molecule has 0 aromatic carbocycles. The molecule has 2 heterocycles. The number of nitrogens with one attached hydrogen (secondary N) is 1. The van der Waals surface area contributed by atoms with Gasteiger partial charge in [0.15, 0.2) is 0 Å². The van der Waals surface area contributed by atoms with E-state index in [4.69, 9.17) is 4.74 Å². The Bertz CT molecular complexity index is 284. The Morgan fingerprint density at radius 1 is 1.44 bits per heavy atom. The number of nitrogens with zero attached hydrogens (tertiary/aromatic N) is 1. The maximum absolute atomic E-state index is 12.4. The highest BCUT2D eigenvalue weighted by atomic mass is 35.5. The van der Waals surface area contributed by atoms with Gasteiger partial charge in [-0.1, -0.05) is 13.8 Å². The number of carbonyl (C=O) groups is 1. The molecule has 3 unspecified atom stereocenters. The van der Waals surface area contributed by atoms with Crippen molar-refractivity contribution in [2.24, 2.45) is 11.8 Å². The summed E-state index contributed by atoms with van der Waals surface area (Å²) in [5.41, 5.74) is 0. The van der Waals surface area contributed by atoms with Crippen LogP contribution in [-0.4, -0.2) is 49.2 Å². The number of amides is 1. The number of carbonyl (C=O) groups excluding carboxylic acids is 1. The summed E-state index contributed by atoms with van der Waals surface area (Å²) >= 11 is 0. The van der Waals surface area contributed by atoms with Crippen molar-refractivity contribution in [3.63, 3.8) is 0 Å². The number of hydrogen-bond acceptors (Lipinski definition) is 3. The van der Waals surface area contributed by atoms with Crippen molar-refractivity contribution in [3.8, 4) is 0 Å². The van der Waals surface area contributed by atoms with Gasteiger partial charge in [0.25, 0.3) is 0 Å². The highest BCUT2D eigenvalue weighted by Crippen LogP contribution is 2.21. The van der Waals surface area contributed by atoms with Gasteiger partial charge in [-0.3, -0.25) is 4.79 Å². The van der Waals surface area contributed by atoms with E-state index in [1.165, 1.54) is 0 Å². The lowest BCUT2D eigenvalue weighted by molar-refractivity contribution is -0.150. The Labute approximate surface area is 116 Å². The monoisotopic (exact) mass is 276 g/mol. The van der Waals surface area contributed by atoms with Gasteiger partial charge in [-0.05, 0) is 32.4 Å². The van der Waals surface area contributed by atoms with Gasteiger partial charge in [0.05, 0.1) is 12.2 Å². The predicted molar refractivity (Wildman–Crippen MR) is 74.0 cm³/mol. The van der Waals surface area contributed by atoms with Crippen LogP contribution in [0.15, 0.2) is 0 Å². The summed E-state index contributed by atoms with van der Waals surface area (Å²) in [7, 11) is 0. The summed E-state index contributed by atoms with van der Waals surface area (Å²) in [6, 6.07) is 0. The van der Waals surface area contributed by atoms with Gasteiger partial charge >= 0.3 is 0 Å². The van der Waals surface area contributed by atoms with Crippen molar-refractivity contribution in [1.82, 2.24) is 10.2 Å². The zero-order valence-electron chi connectivity index (χ0n) is 11.5. The Morgan fingerprint density at radius 2 is 2.11 bits per heavy atom. The largest absolute Gasteiger partial charge is 0.372 e. The van der Waals surface area contributed by atoms with Crippen LogP contribution in [0.2, 0.25) is 0 Å². The van der Waals surface area contributed by atoms with Gasteiger partial charge in [-0.25, -0.2) is 0 Å². The third-order valence-corrected chi connectivity index (χ3v) is 4.00. The van der Waals surface area contributed by atoms with E-state index >= 15 is 0 Å². The molecule has 106 valence electrons. The van der Waals surface area contributed by atoms with Crippen LogP contribution in [0.1, 0.15) is 27.2 Å². The number of rotatable bonds is 3. The van der Waals surface area contributed by atoms with Gasteiger partial charge in [0.2, 0.25) is 5.91 Å². The molecule has 0 aliphatic carbocycles. The number of morpholine rings is 1. The van der Waals surface area contributed by atoms with Crippen molar-refractivity contribution < 1.29 is 9.53 Å². The second kappa shape index (κ2) is 6.73. The predicted octanol–water partition coefficient (Wildman–Crippen LogP) is 1.29. The molecule has 0 saturated carbocycles. The molecule has 2 aliphatic heterocycles. The fourth-order valence-electron chi connectivity index (χ4n) is 2.60. The van der Waals surface area contributed by atoms with Crippen LogP contribution < -0.4 is 5.32 Å². The van der Waals surface area contributed by atoms with Gasteiger partial charge in [-0.15, -0.1) is 12.4 Å². The van der Waals surface area contributed by atoms with Gasteiger partial charge in [0, 0.05) is 19.0 Å². The van der Waals surface area contributed by atoms with E-state index in [1.807, 2.05) is 4.90 Å². The molecule has 0 aromatic heterocycles. The number of hydrogen-bond donors (Lipinski definition) is 1. The first-order valence-corrected chi connectivity index (χ1v) is 6.76. The summed E-state index contributed by atoms with van der Waals surface area (Å²) in [4.78, 5) is 14.4. The Balaban J connectivity index is 0.00000162. The fourth-order valence-corrected chi connectivity index (χ4v) is 2.60. The smallest absolute Gasteiger partial charge is 0.225 e. The molecule has 2 fully saturated rings. The summed E-state index contributed by atoms with van der Waals surface area (Å²) < 4.78 is 5.79. The fraction of sp³-hybridized carbons (Fsp3) is 0.923. The second-order valence-corrected chi connectivity index (χ2v) is 5.43. The molecule has 1 amide bonds. The molecule has 2 rings (SSSR count). The summed E-state index contributed by atoms with van der Waals surface area (Å²) in [6.07, 6.45) is 1.37. The first-order chi connectivity index (χ1) is 8.11. The Hall–Kier alpha value is -0.320. The minimum absolute atomic E-state index is 0. The summed E-state index contributed by atoms with van der Waals surface area (Å²) in [6.45, 7) is 9.73. The molecular formula is C13H25ClN2O2. The molecule has 0 radical (unpaired) electrons. The molecule has 0 bridgehead atoms. The van der Waals surface area contributed by atoms with E-state index in [9.17, 15) is 4.79 Å². The van der Waals surface area contributed by atoms with Crippen LogP contribution in [0, 0.1) is 11.8 Å². The minimum atomic E-state index is 0. The average Bonchev–Trinajstić information content (AvgIpc) is 2.24. The van der Waals surface area contributed by atoms with Crippen molar-refractivity contribution in [2.45, 2.75) is 39.4 Å². The Morgan fingerprint density at radius 3 is 2.61 bits per heavy atom. The molecule has 2 aliphatic rings. The molecule has 2 saturated heterocycles. The topological polar surface area (TPSA) is 41.6 Å². The SMILES string of the molecule is CCC1CN(C(=O)C(C)C2CNC2)CC(C)O1.Cl. The molecule has 5 heteroatoms. The van der Waals surface area contributed by atoms with Crippen molar-refractivity contribution >= 4 is 18.3 Å². The van der Waals surface area contributed by atoms with E-state index < -0.39 is 0 Å². The zero-order chi connectivity index (χ0) is 12.4. The first-order valence-electron chi connectivity index (χ1n) is 6.76. The van der Waals surface area contributed by atoms with Crippen LogP contribution in [0.4, 0.5) is 0 Å². The van der Waals surface area contributed by atoms with Crippen molar-refractivity contribution in [2.75, 3.05) is 26.2 Å². The molecule has 0 spiro atoms. The molecular weight excluding hydrogens is 252 g/mol. The average molecular weight is 277 g/mol. The highest BCUT2D eigenvalue weighted by Gasteiger charge is 2.34. The number of ether oxygens (including phenoxy) is 1. The standard InChI is InChI=1S/C13H24N2O2.ClH/c1-4-12-8-15(7-9(2)17-12)13(16)10(3)11-5-14-6-11;/h9-12,14H,4-8H2,1-3H3;1H. The lowest BCUT2D eigenvalue weighted by atomic mass is 9.87. The Kier molecular flexibility index (Phi) is 5.89. The van der Waals surface area contributed by atoms with Crippen LogP contribution in [-0.2, 0) is 9.53 Å². The first kappa shape index (κ1) is 15.7. The second-order valence-electron chi connectivity index (χ2n) is 5.43. The summed E-state index contributed by atoms with van der Waals surface area (Å²) in [5.74, 6) is 0.991. The van der Waals surface area contributed by atoms with E-state index in [-0.39, 0.29) is 30.5 Å². The zero-order valence-corrected chi connectivity index (χ0v) is 12.3. The lowest BCUT2D eigenvalue weighted by Gasteiger charge is -2.40. The van der Waals surface area contributed by atoms with E-state index in [0.717, 1.165) is 32.6 Å². The molecule has 0 aromatic rings. The maximum atomic E-state index is 12.4. The maximum Gasteiger partial charge on any atom is 0.225 e. The number of halogens is 1. The van der Waals surface area contributed by atoms with E-state index in [0.29, 0.717) is 11.8 Å². The molecule has 3 atom stereocenters. The quantitative estimate of drug-likeness (QED) is 0.845. The van der Waals surface area contributed by atoms with Crippen molar-refractivity contribution in [3.05, 3.63) is 0 Å². The summed E-state index contributed by atoms with van der Waals surface area (Å²) in [5, 5.41) is 3.23. The van der Waals surface area contributed by atoms with Gasteiger partial charge < -0.3 is 15.0 Å². The van der Waals surface area contributed by atoms with Gasteiger partial charge in [-0.2, -0.15) is 0 Å². The van der Waals surface area contributed by atoms with E-state index in [1.54, 1.807) is 0 Å². The van der Waals surface area contributed by atoms with Crippen molar-refractivity contribution in [1.29, 1.82) is 0 Å². The minimum Gasteiger partial charge on any atom is -0.372 e. The third kappa shape index (κ3) is 3.37. The van der Waals surface area contributed by atoms with Crippen LogP contribution in [0.3, 0.4) is 0 Å². The molecule has 18 heavy (non-hydrogen) atoms. The normalized spacial score (nSPS) is 30.3. The molecule has 4 nitrogen and oxygen atoms in total.